The van der Waals surface area contributed by atoms with Crippen molar-refractivity contribution in [1.29, 1.82) is 0 Å². The second-order valence-corrected chi connectivity index (χ2v) is 10.8. The van der Waals surface area contributed by atoms with Crippen LogP contribution in [-0.4, -0.2) is 41.0 Å². The van der Waals surface area contributed by atoms with Gasteiger partial charge in [0.05, 0.1) is 11.7 Å². The number of benzene rings is 2. The van der Waals surface area contributed by atoms with Crippen molar-refractivity contribution in [2.75, 3.05) is 22.5 Å². The Hall–Kier alpha value is -3.24. The fourth-order valence-electron chi connectivity index (χ4n) is 3.85. The minimum Gasteiger partial charge on any atom is -0.353 e. The van der Waals surface area contributed by atoms with E-state index in [0.29, 0.717) is 26.8 Å². The average molecular weight is 511 g/mol. The zero-order chi connectivity index (χ0) is 24.4. The molecule has 180 valence electrons. The summed E-state index contributed by atoms with van der Waals surface area (Å²) in [6.45, 7) is 0.177. The predicted octanol–water partition coefficient (Wildman–Crippen LogP) is 4.31. The first kappa shape index (κ1) is 23.5. The number of thioether (sulfide) groups is 1. The molecule has 3 amide bonds. The van der Waals surface area contributed by atoms with Crippen molar-refractivity contribution in [1.82, 2.24) is 10.3 Å². The molecule has 1 aromatic heterocycles. The monoisotopic (exact) mass is 510 g/mol. The van der Waals surface area contributed by atoms with Crippen molar-refractivity contribution in [3.05, 3.63) is 60.4 Å². The Morgan fingerprint density at radius 1 is 1.14 bits per heavy atom. The lowest BCUT2D eigenvalue weighted by Crippen LogP contribution is -2.28. The Balaban J connectivity index is 1.30. The van der Waals surface area contributed by atoms with Gasteiger partial charge in [0.2, 0.25) is 17.7 Å². The van der Waals surface area contributed by atoms with E-state index in [-0.39, 0.29) is 36.4 Å². The van der Waals surface area contributed by atoms with Crippen molar-refractivity contribution in [3.8, 4) is 11.3 Å². The molecule has 10 heteroatoms. The molecule has 1 unspecified atom stereocenters. The van der Waals surface area contributed by atoms with E-state index in [4.69, 9.17) is 0 Å². The van der Waals surface area contributed by atoms with Crippen molar-refractivity contribution in [2.45, 2.75) is 29.6 Å². The maximum absolute atomic E-state index is 13.6. The van der Waals surface area contributed by atoms with Crippen LogP contribution in [0.15, 0.2) is 58.9 Å². The number of aromatic nitrogens is 1. The fourth-order valence-corrected chi connectivity index (χ4v) is 5.73. The minimum atomic E-state index is -0.572. The lowest BCUT2D eigenvalue weighted by molar-refractivity contribution is -0.122. The number of nitrogens with one attached hydrogen (secondary N) is 2. The number of anilines is 2. The minimum absolute atomic E-state index is 0.0264. The van der Waals surface area contributed by atoms with Crippen LogP contribution in [0.3, 0.4) is 0 Å². The summed E-state index contributed by atoms with van der Waals surface area (Å²) >= 11 is 2.64. The first-order chi connectivity index (χ1) is 17.0. The van der Waals surface area contributed by atoms with Crippen molar-refractivity contribution in [2.24, 2.45) is 5.92 Å². The molecule has 0 bridgehead atoms. The molecule has 35 heavy (non-hydrogen) atoms. The van der Waals surface area contributed by atoms with E-state index in [1.165, 1.54) is 40.1 Å². The van der Waals surface area contributed by atoms with E-state index in [1.807, 2.05) is 30.3 Å². The van der Waals surface area contributed by atoms with Gasteiger partial charge in [-0.1, -0.05) is 59.5 Å². The number of carbonyl (C=O) groups excluding carboxylic acids is 3. The second kappa shape index (κ2) is 10.2. The van der Waals surface area contributed by atoms with Crippen molar-refractivity contribution in [3.63, 3.8) is 0 Å². The van der Waals surface area contributed by atoms with Crippen LogP contribution in [0.1, 0.15) is 19.3 Å². The summed E-state index contributed by atoms with van der Waals surface area (Å²) in [5.74, 6) is -1.29. The smallest absolute Gasteiger partial charge is 0.230 e. The largest absolute Gasteiger partial charge is 0.353 e. The topological polar surface area (TPSA) is 91.4 Å². The number of amides is 3. The normalized spacial score (nSPS) is 17.5. The van der Waals surface area contributed by atoms with Gasteiger partial charge in [-0.2, -0.15) is 0 Å². The number of hydrogen-bond acceptors (Lipinski definition) is 6. The molecule has 2 aliphatic rings. The molecule has 1 aliphatic heterocycles. The molecule has 3 aromatic rings. The summed E-state index contributed by atoms with van der Waals surface area (Å²) in [4.78, 5) is 43.9. The Bertz CT molecular complexity index is 1260. The summed E-state index contributed by atoms with van der Waals surface area (Å²) < 4.78 is 14.3. The number of hydrogen-bond donors (Lipinski definition) is 2. The highest BCUT2D eigenvalue weighted by atomic mass is 32.2. The second-order valence-electron chi connectivity index (χ2n) is 8.53. The number of nitrogens with zero attached hydrogens (tertiary/aromatic N) is 2. The van der Waals surface area contributed by atoms with E-state index in [2.05, 4.69) is 15.6 Å². The third-order valence-electron chi connectivity index (χ3n) is 5.78. The molecule has 7 nitrogen and oxygen atoms in total. The van der Waals surface area contributed by atoms with Gasteiger partial charge in [0.1, 0.15) is 16.5 Å². The number of carbonyl (C=O) groups is 3. The van der Waals surface area contributed by atoms with Gasteiger partial charge in [-0.3, -0.25) is 14.4 Å². The van der Waals surface area contributed by atoms with Gasteiger partial charge in [0, 0.05) is 30.3 Å². The van der Waals surface area contributed by atoms with Crippen molar-refractivity contribution >= 4 is 51.5 Å². The zero-order valence-electron chi connectivity index (χ0n) is 18.7. The van der Waals surface area contributed by atoms with Crippen molar-refractivity contribution < 1.29 is 18.8 Å². The molecule has 0 spiro atoms. The third kappa shape index (κ3) is 5.71. The van der Waals surface area contributed by atoms with Crippen LogP contribution < -0.4 is 15.5 Å². The van der Waals surface area contributed by atoms with Crippen LogP contribution in [-0.2, 0) is 14.4 Å². The van der Waals surface area contributed by atoms with Crippen LogP contribution in [0.4, 0.5) is 15.1 Å². The van der Waals surface area contributed by atoms with Gasteiger partial charge in [-0.15, -0.1) is 0 Å². The van der Waals surface area contributed by atoms with Gasteiger partial charge in [-0.05, 0) is 31.0 Å². The molecular formula is C25H23FN4O3S2. The van der Waals surface area contributed by atoms with Gasteiger partial charge < -0.3 is 15.5 Å². The molecule has 2 aromatic carbocycles. The number of rotatable bonds is 8. The summed E-state index contributed by atoms with van der Waals surface area (Å²) in [5, 5.41) is 6.49. The summed E-state index contributed by atoms with van der Waals surface area (Å²) in [7, 11) is 0. The highest BCUT2D eigenvalue weighted by Crippen LogP contribution is 2.38. The van der Waals surface area contributed by atoms with Gasteiger partial charge in [0.15, 0.2) is 4.34 Å². The molecule has 5 rings (SSSR count). The molecule has 2 fully saturated rings. The molecule has 0 radical (unpaired) electrons. The van der Waals surface area contributed by atoms with Gasteiger partial charge in [-0.25, -0.2) is 9.37 Å². The van der Waals surface area contributed by atoms with E-state index in [9.17, 15) is 18.8 Å². The van der Waals surface area contributed by atoms with E-state index in [1.54, 1.807) is 12.1 Å². The standard InChI is InChI=1S/C25H23FN4O3S2/c26-17-7-4-8-19(12-17)30-13-16(11-21(30)32)23(33)29-24-22(15-5-2-1-3-6-15)28-25(35-24)34-14-20(31)27-18-9-10-18/h1-8,12,16,18H,9-11,13-14H2,(H,27,31)(H,29,33). The van der Waals surface area contributed by atoms with Crippen LogP contribution in [0.2, 0.25) is 0 Å². The lowest BCUT2D eigenvalue weighted by Gasteiger charge is -2.16. The zero-order valence-corrected chi connectivity index (χ0v) is 20.3. The Kier molecular flexibility index (Phi) is 6.83. The van der Waals surface area contributed by atoms with Crippen LogP contribution in [0, 0.1) is 11.7 Å². The van der Waals surface area contributed by atoms with E-state index < -0.39 is 11.7 Å². The third-order valence-corrected chi connectivity index (χ3v) is 7.89. The molecule has 1 aliphatic carbocycles. The van der Waals surface area contributed by atoms with Crippen LogP contribution in [0.25, 0.3) is 11.3 Å². The Labute approximate surface area is 210 Å². The molecule has 1 atom stereocenters. The number of thiazole rings is 1. The van der Waals surface area contributed by atoms with E-state index >= 15 is 0 Å². The number of halogens is 1. The average Bonchev–Trinajstić information content (AvgIpc) is 3.43. The van der Waals surface area contributed by atoms with Gasteiger partial charge >= 0.3 is 0 Å². The lowest BCUT2D eigenvalue weighted by atomic mass is 10.1. The molecule has 2 N–H and O–H groups in total. The first-order valence-corrected chi connectivity index (χ1v) is 13.1. The molecule has 1 saturated heterocycles. The highest BCUT2D eigenvalue weighted by Gasteiger charge is 2.36. The summed E-state index contributed by atoms with van der Waals surface area (Å²) in [5.41, 5.74) is 1.91. The first-order valence-electron chi connectivity index (χ1n) is 11.3. The SMILES string of the molecule is O=C(CSc1nc(-c2ccccc2)c(NC(=O)C2CC(=O)N(c3cccc(F)c3)C2)s1)NC1CC1. The fraction of sp³-hybridized carbons (Fsp3) is 0.280. The Morgan fingerprint density at radius 3 is 2.69 bits per heavy atom. The highest BCUT2D eigenvalue weighted by molar-refractivity contribution is 8.01. The Morgan fingerprint density at radius 2 is 1.94 bits per heavy atom. The van der Waals surface area contributed by atoms with Crippen LogP contribution >= 0.6 is 23.1 Å². The molecular weight excluding hydrogens is 487 g/mol. The molecule has 2 heterocycles. The summed E-state index contributed by atoms with van der Waals surface area (Å²) in [6, 6.07) is 15.6. The predicted molar refractivity (Wildman–Crippen MR) is 135 cm³/mol. The van der Waals surface area contributed by atoms with Gasteiger partial charge in [0.25, 0.3) is 0 Å². The van der Waals surface area contributed by atoms with Crippen LogP contribution in [0.5, 0.6) is 0 Å². The summed E-state index contributed by atoms with van der Waals surface area (Å²) in [6.07, 6.45) is 2.11. The quantitative estimate of drug-likeness (QED) is 0.441. The van der Waals surface area contributed by atoms with E-state index in [0.717, 1.165) is 18.4 Å². The maximum Gasteiger partial charge on any atom is 0.230 e. The maximum atomic E-state index is 13.6. The molecule has 1 saturated carbocycles.